The van der Waals surface area contributed by atoms with Crippen molar-refractivity contribution in [3.8, 4) is 11.5 Å². The molecule has 7 heteroatoms. The molecule has 0 atom stereocenters. The van der Waals surface area contributed by atoms with Gasteiger partial charge in [0.15, 0.2) is 0 Å². The van der Waals surface area contributed by atoms with Crippen LogP contribution in [0.4, 0.5) is 0 Å². The number of carbonyl (C=O) groups is 2. The summed E-state index contributed by atoms with van der Waals surface area (Å²) < 4.78 is 10.5. The Hall–Kier alpha value is -2.53. The molecule has 0 N–H and O–H groups in total. The van der Waals surface area contributed by atoms with E-state index in [0.29, 0.717) is 33.8 Å². The SMILES string of the molecule is CC(=O)Oc1c(C)c(C)c(OC(C)=O)c(CN=[N+]=[N-])c1C. The number of azide groups is 1. The number of hydrogen-bond acceptors (Lipinski definition) is 5. The zero-order chi connectivity index (χ0) is 16.2. The lowest BCUT2D eigenvalue weighted by molar-refractivity contribution is -0.133. The molecule has 0 amide bonds. The number of benzene rings is 1. The maximum absolute atomic E-state index is 11.3. The van der Waals surface area contributed by atoms with Gasteiger partial charge in [0.1, 0.15) is 11.5 Å². The average Bonchev–Trinajstić information content (AvgIpc) is 2.40. The molecular formula is C14H17N3O4. The van der Waals surface area contributed by atoms with Crippen molar-refractivity contribution in [2.45, 2.75) is 41.2 Å². The molecule has 0 saturated heterocycles. The lowest BCUT2D eigenvalue weighted by Crippen LogP contribution is -2.11. The first-order valence-electron chi connectivity index (χ1n) is 6.29. The zero-order valence-corrected chi connectivity index (χ0v) is 12.7. The standard InChI is InChI=1S/C14H17N3O4/c1-7-8(2)14(21-11(5)19)12(6-16-17-15)9(3)13(7)20-10(4)18/h6H2,1-5H3. The fourth-order valence-corrected chi connectivity index (χ4v) is 2.03. The maximum Gasteiger partial charge on any atom is 0.308 e. The average molecular weight is 291 g/mol. The predicted octanol–water partition coefficient (Wildman–Crippen LogP) is 3.27. The van der Waals surface area contributed by atoms with E-state index in [4.69, 9.17) is 15.0 Å². The van der Waals surface area contributed by atoms with Crippen molar-refractivity contribution in [2.75, 3.05) is 0 Å². The van der Waals surface area contributed by atoms with E-state index in [0.717, 1.165) is 0 Å². The van der Waals surface area contributed by atoms with Gasteiger partial charge in [0.2, 0.25) is 0 Å². The Bertz CT molecular complexity index is 646. The molecule has 1 rings (SSSR count). The monoisotopic (exact) mass is 291 g/mol. The van der Waals surface area contributed by atoms with Gasteiger partial charge in [-0.25, -0.2) is 0 Å². The van der Waals surface area contributed by atoms with E-state index in [-0.39, 0.29) is 6.54 Å². The fraction of sp³-hybridized carbons (Fsp3) is 0.429. The number of nitrogens with zero attached hydrogens (tertiary/aromatic N) is 3. The first-order chi connectivity index (χ1) is 9.79. The maximum atomic E-state index is 11.3. The Labute approximate surface area is 122 Å². The van der Waals surface area contributed by atoms with E-state index in [2.05, 4.69) is 10.0 Å². The van der Waals surface area contributed by atoms with Crippen molar-refractivity contribution in [3.05, 3.63) is 32.7 Å². The molecule has 0 aliphatic rings. The van der Waals surface area contributed by atoms with Gasteiger partial charge >= 0.3 is 11.9 Å². The first-order valence-corrected chi connectivity index (χ1v) is 6.29. The molecule has 0 unspecified atom stereocenters. The van der Waals surface area contributed by atoms with Gasteiger partial charge in [0.25, 0.3) is 0 Å². The van der Waals surface area contributed by atoms with Crippen molar-refractivity contribution in [1.29, 1.82) is 0 Å². The van der Waals surface area contributed by atoms with E-state index >= 15 is 0 Å². The van der Waals surface area contributed by atoms with Gasteiger partial charge in [0.05, 0.1) is 6.54 Å². The summed E-state index contributed by atoms with van der Waals surface area (Å²) in [7, 11) is 0. The second-order valence-electron chi connectivity index (χ2n) is 4.59. The minimum absolute atomic E-state index is 0.000329. The van der Waals surface area contributed by atoms with Crippen molar-refractivity contribution in [1.82, 2.24) is 0 Å². The van der Waals surface area contributed by atoms with Gasteiger partial charge in [-0.1, -0.05) is 5.11 Å². The first kappa shape index (κ1) is 16.5. The van der Waals surface area contributed by atoms with Crippen LogP contribution in [-0.2, 0) is 16.1 Å². The molecule has 0 spiro atoms. The molecule has 0 fully saturated rings. The minimum Gasteiger partial charge on any atom is -0.426 e. The highest BCUT2D eigenvalue weighted by atomic mass is 16.5. The van der Waals surface area contributed by atoms with Crippen LogP contribution in [0.2, 0.25) is 0 Å². The second-order valence-corrected chi connectivity index (χ2v) is 4.59. The highest BCUT2D eigenvalue weighted by Gasteiger charge is 2.21. The molecule has 1 aromatic rings. The highest BCUT2D eigenvalue weighted by molar-refractivity contribution is 5.74. The molecule has 0 aliphatic carbocycles. The molecule has 0 bridgehead atoms. The van der Waals surface area contributed by atoms with Crippen LogP contribution < -0.4 is 9.47 Å². The number of esters is 2. The summed E-state index contributed by atoms with van der Waals surface area (Å²) in [5, 5.41) is 3.51. The number of rotatable bonds is 4. The molecule has 0 heterocycles. The Morgan fingerprint density at radius 3 is 1.95 bits per heavy atom. The normalized spacial score (nSPS) is 9.76. The molecule has 21 heavy (non-hydrogen) atoms. The van der Waals surface area contributed by atoms with Crippen molar-refractivity contribution < 1.29 is 19.1 Å². The van der Waals surface area contributed by atoms with E-state index in [1.165, 1.54) is 13.8 Å². The zero-order valence-electron chi connectivity index (χ0n) is 12.7. The van der Waals surface area contributed by atoms with Crippen LogP contribution in [0.5, 0.6) is 11.5 Å². The van der Waals surface area contributed by atoms with E-state index in [1.54, 1.807) is 20.8 Å². The molecule has 1 aromatic carbocycles. The Morgan fingerprint density at radius 1 is 1.00 bits per heavy atom. The van der Waals surface area contributed by atoms with Crippen LogP contribution in [0.3, 0.4) is 0 Å². The summed E-state index contributed by atoms with van der Waals surface area (Å²) in [4.78, 5) is 25.2. The van der Waals surface area contributed by atoms with Gasteiger partial charge in [-0.15, -0.1) is 0 Å². The highest BCUT2D eigenvalue weighted by Crippen LogP contribution is 2.38. The van der Waals surface area contributed by atoms with Crippen LogP contribution in [-0.4, -0.2) is 11.9 Å². The number of ether oxygens (including phenoxy) is 2. The van der Waals surface area contributed by atoms with Crippen LogP contribution in [0.1, 0.15) is 36.1 Å². The summed E-state index contributed by atoms with van der Waals surface area (Å²) in [5.41, 5.74) is 11.0. The molecule has 0 aromatic heterocycles. The second kappa shape index (κ2) is 6.76. The van der Waals surface area contributed by atoms with Crippen LogP contribution >= 0.6 is 0 Å². The summed E-state index contributed by atoms with van der Waals surface area (Å²) in [5.74, 6) is -0.172. The van der Waals surface area contributed by atoms with Crippen LogP contribution in [0.15, 0.2) is 5.11 Å². The molecule has 0 saturated carbocycles. The van der Waals surface area contributed by atoms with Crippen LogP contribution in [0, 0.1) is 20.8 Å². The summed E-state index contributed by atoms with van der Waals surface area (Å²) in [6.45, 7) is 7.84. The molecule has 7 nitrogen and oxygen atoms in total. The van der Waals surface area contributed by atoms with Gasteiger partial charge in [0, 0.05) is 24.3 Å². The van der Waals surface area contributed by atoms with E-state index < -0.39 is 11.9 Å². The Kier molecular flexibility index (Phi) is 5.32. The van der Waals surface area contributed by atoms with E-state index in [1.807, 2.05) is 0 Å². The number of hydrogen-bond donors (Lipinski definition) is 0. The third-order valence-electron chi connectivity index (χ3n) is 3.09. The minimum atomic E-state index is -0.473. The van der Waals surface area contributed by atoms with Gasteiger partial charge in [-0.3, -0.25) is 9.59 Å². The smallest absolute Gasteiger partial charge is 0.308 e. The summed E-state index contributed by atoms with van der Waals surface area (Å²) >= 11 is 0. The van der Waals surface area contributed by atoms with Crippen molar-refractivity contribution in [3.63, 3.8) is 0 Å². The Balaban J connectivity index is 3.60. The summed E-state index contributed by atoms with van der Waals surface area (Å²) in [6, 6.07) is 0. The third kappa shape index (κ3) is 3.73. The van der Waals surface area contributed by atoms with Crippen LogP contribution in [0.25, 0.3) is 10.4 Å². The van der Waals surface area contributed by atoms with Crippen molar-refractivity contribution >= 4 is 11.9 Å². The summed E-state index contributed by atoms with van der Waals surface area (Å²) in [6.07, 6.45) is 0. The van der Waals surface area contributed by atoms with E-state index in [9.17, 15) is 9.59 Å². The molecule has 112 valence electrons. The number of carbonyl (C=O) groups excluding carboxylic acids is 2. The largest absolute Gasteiger partial charge is 0.426 e. The molecule has 0 radical (unpaired) electrons. The van der Waals surface area contributed by atoms with Gasteiger partial charge in [-0.2, -0.15) is 0 Å². The Morgan fingerprint density at radius 2 is 1.48 bits per heavy atom. The predicted molar refractivity (Wildman–Crippen MR) is 76.1 cm³/mol. The fourth-order valence-electron chi connectivity index (χ4n) is 2.03. The van der Waals surface area contributed by atoms with Gasteiger partial charge < -0.3 is 9.47 Å². The van der Waals surface area contributed by atoms with Crippen molar-refractivity contribution in [2.24, 2.45) is 5.11 Å². The molecule has 0 aliphatic heterocycles. The third-order valence-corrected chi connectivity index (χ3v) is 3.09. The van der Waals surface area contributed by atoms with Gasteiger partial charge in [-0.05, 0) is 43.0 Å². The lowest BCUT2D eigenvalue weighted by atomic mass is 9.97. The topological polar surface area (TPSA) is 101 Å². The molecular weight excluding hydrogens is 274 g/mol. The lowest BCUT2D eigenvalue weighted by Gasteiger charge is -2.19. The quantitative estimate of drug-likeness (QED) is 0.279.